The summed E-state index contributed by atoms with van der Waals surface area (Å²) in [7, 11) is 0. The fraction of sp³-hybridized carbons (Fsp3) is 0.583. The van der Waals surface area contributed by atoms with Gasteiger partial charge in [0.25, 0.3) is 5.69 Å². The van der Waals surface area contributed by atoms with E-state index in [4.69, 9.17) is 5.73 Å². The van der Waals surface area contributed by atoms with Crippen molar-refractivity contribution in [2.45, 2.75) is 26.7 Å². The lowest BCUT2D eigenvalue weighted by atomic mass is 9.83. The summed E-state index contributed by atoms with van der Waals surface area (Å²) in [5.74, 6) is 0.807. The van der Waals surface area contributed by atoms with Crippen LogP contribution in [0.2, 0.25) is 0 Å². The van der Waals surface area contributed by atoms with Crippen LogP contribution in [0.5, 0.6) is 0 Å². The van der Waals surface area contributed by atoms with Crippen molar-refractivity contribution in [1.29, 1.82) is 0 Å². The molecule has 0 aliphatic carbocycles. The molecule has 0 saturated carbocycles. The second kappa shape index (κ2) is 4.44. The summed E-state index contributed by atoms with van der Waals surface area (Å²) in [5, 5.41) is 10.8. The Labute approximate surface area is 106 Å². The summed E-state index contributed by atoms with van der Waals surface area (Å²) in [5.41, 5.74) is 5.95. The largest absolute Gasteiger partial charge is 0.383 e. The third kappa shape index (κ3) is 2.69. The molecule has 6 nitrogen and oxygen atoms in total. The Morgan fingerprint density at radius 1 is 1.39 bits per heavy atom. The molecule has 98 valence electrons. The van der Waals surface area contributed by atoms with E-state index in [1.54, 1.807) is 0 Å². The number of nitrogens with zero attached hydrogens (tertiary/aromatic N) is 3. The highest BCUT2D eigenvalue weighted by atomic mass is 16.6. The molecule has 2 heterocycles. The molecule has 1 fully saturated rings. The maximum Gasteiger partial charge on any atom is 0.276 e. The number of aromatic nitrogens is 1. The van der Waals surface area contributed by atoms with Crippen LogP contribution in [-0.2, 0) is 0 Å². The number of nitrogens with two attached hydrogens (primary N) is 1. The van der Waals surface area contributed by atoms with Crippen LogP contribution in [0.1, 0.15) is 26.7 Å². The van der Waals surface area contributed by atoms with Crippen molar-refractivity contribution in [2.75, 3.05) is 23.7 Å². The van der Waals surface area contributed by atoms with Crippen LogP contribution in [0.4, 0.5) is 17.3 Å². The predicted molar refractivity (Wildman–Crippen MR) is 70.5 cm³/mol. The monoisotopic (exact) mass is 250 g/mol. The van der Waals surface area contributed by atoms with Gasteiger partial charge in [-0.25, -0.2) is 4.98 Å². The highest BCUT2D eigenvalue weighted by Gasteiger charge is 2.26. The van der Waals surface area contributed by atoms with Crippen molar-refractivity contribution in [3.8, 4) is 0 Å². The Bertz CT molecular complexity index is 463. The summed E-state index contributed by atoms with van der Waals surface area (Å²) < 4.78 is 0. The molecule has 1 aliphatic heterocycles. The van der Waals surface area contributed by atoms with E-state index >= 15 is 0 Å². The van der Waals surface area contributed by atoms with E-state index in [2.05, 4.69) is 23.7 Å². The number of nitro groups is 1. The SMILES string of the molecule is CC1(C)CCN(c2cc([N+](=O)[O-])cc(N)n2)CC1. The van der Waals surface area contributed by atoms with Crippen LogP contribution in [0.3, 0.4) is 0 Å². The summed E-state index contributed by atoms with van der Waals surface area (Å²) in [6, 6.07) is 2.78. The van der Waals surface area contributed by atoms with Crippen molar-refractivity contribution in [2.24, 2.45) is 5.41 Å². The third-order valence-corrected chi connectivity index (χ3v) is 3.47. The molecule has 0 aromatic carbocycles. The number of hydrogen-bond acceptors (Lipinski definition) is 5. The lowest BCUT2D eigenvalue weighted by Crippen LogP contribution is -2.37. The Morgan fingerprint density at radius 2 is 2.00 bits per heavy atom. The van der Waals surface area contributed by atoms with Gasteiger partial charge in [0, 0.05) is 13.1 Å². The molecule has 2 N–H and O–H groups in total. The number of anilines is 2. The van der Waals surface area contributed by atoms with Gasteiger partial charge in [-0.2, -0.15) is 0 Å². The van der Waals surface area contributed by atoms with Gasteiger partial charge in [-0.05, 0) is 18.3 Å². The zero-order chi connectivity index (χ0) is 13.3. The normalized spacial score (nSPS) is 18.7. The van der Waals surface area contributed by atoms with Crippen molar-refractivity contribution < 1.29 is 4.92 Å². The van der Waals surface area contributed by atoms with Crippen molar-refractivity contribution >= 4 is 17.3 Å². The number of hydrogen-bond donors (Lipinski definition) is 1. The van der Waals surface area contributed by atoms with Gasteiger partial charge in [0.1, 0.15) is 11.6 Å². The molecule has 2 rings (SSSR count). The zero-order valence-electron chi connectivity index (χ0n) is 10.7. The molecule has 6 heteroatoms. The standard InChI is InChI=1S/C12H18N4O2/c1-12(2)3-5-15(6-4-12)11-8-9(16(17)18)7-10(13)14-11/h7-8H,3-6H2,1-2H3,(H2,13,14). The molecule has 0 spiro atoms. The Balaban J connectivity index is 2.21. The summed E-state index contributed by atoms with van der Waals surface area (Å²) in [6.07, 6.45) is 2.11. The molecule has 0 radical (unpaired) electrons. The predicted octanol–water partition coefficient (Wildman–Crippen LogP) is 2.20. The second-order valence-corrected chi connectivity index (χ2v) is 5.52. The highest BCUT2D eigenvalue weighted by molar-refractivity contribution is 5.54. The van der Waals surface area contributed by atoms with E-state index in [1.165, 1.54) is 12.1 Å². The van der Waals surface area contributed by atoms with Crippen molar-refractivity contribution in [3.05, 3.63) is 22.2 Å². The van der Waals surface area contributed by atoms with Crippen LogP contribution in [0.25, 0.3) is 0 Å². The van der Waals surface area contributed by atoms with E-state index in [0.29, 0.717) is 11.2 Å². The van der Waals surface area contributed by atoms with Crippen LogP contribution >= 0.6 is 0 Å². The second-order valence-electron chi connectivity index (χ2n) is 5.52. The minimum absolute atomic E-state index is 0.00216. The molecule has 1 aromatic rings. The Morgan fingerprint density at radius 3 is 2.56 bits per heavy atom. The van der Waals surface area contributed by atoms with E-state index < -0.39 is 4.92 Å². The average Bonchev–Trinajstić information content (AvgIpc) is 2.28. The van der Waals surface area contributed by atoms with Gasteiger partial charge in [0.2, 0.25) is 0 Å². The molecule has 0 bridgehead atoms. The van der Waals surface area contributed by atoms with Crippen molar-refractivity contribution in [3.63, 3.8) is 0 Å². The lowest BCUT2D eigenvalue weighted by Gasteiger charge is -2.37. The molecule has 0 unspecified atom stereocenters. The van der Waals surface area contributed by atoms with E-state index in [1.807, 2.05) is 0 Å². The minimum Gasteiger partial charge on any atom is -0.383 e. The maximum absolute atomic E-state index is 10.8. The van der Waals surface area contributed by atoms with Crippen LogP contribution < -0.4 is 10.6 Å². The molecule has 1 aliphatic rings. The summed E-state index contributed by atoms with van der Waals surface area (Å²) in [6.45, 7) is 6.19. The van der Waals surface area contributed by atoms with E-state index in [-0.39, 0.29) is 11.5 Å². The molecule has 1 aromatic heterocycles. The van der Waals surface area contributed by atoms with Crippen LogP contribution in [0, 0.1) is 15.5 Å². The Hall–Kier alpha value is -1.85. The van der Waals surface area contributed by atoms with Gasteiger partial charge in [-0.15, -0.1) is 0 Å². The molecular weight excluding hydrogens is 232 g/mol. The number of pyridine rings is 1. The first-order chi connectivity index (χ1) is 8.37. The van der Waals surface area contributed by atoms with E-state index in [9.17, 15) is 10.1 Å². The highest BCUT2D eigenvalue weighted by Crippen LogP contribution is 2.32. The number of rotatable bonds is 2. The summed E-state index contributed by atoms with van der Waals surface area (Å²) >= 11 is 0. The van der Waals surface area contributed by atoms with Gasteiger partial charge < -0.3 is 10.6 Å². The Kier molecular flexibility index (Phi) is 3.11. The minimum atomic E-state index is -0.435. The quantitative estimate of drug-likeness (QED) is 0.642. The number of piperidine rings is 1. The molecule has 0 amide bonds. The molecule has 18 heavy (non-hydrogen) atoms. The number of nitrogen functional groups attached to an aromatic ring is 1. The molecular formula is C12H18N4O2. The first-order valence-corrected chi connectivity index (χ1v) is 6.04. The van der Waals surface area contributed by atoms with Gasteiger partial charge in [-0.3, -0.25) is 10.1 Å². The third-order valence-electron chi connectivity index (χ3n) is 3.47. The van der Waals surface area contributed by atoms with E-state index in [0.717, 1.165) is 25.9 Å². The van der Waals surface area contributed by atoms with Crippen molar-refractivity contribution in [1.82, 2.24) is 4.98 Å². The zero-order valence-corrected chi connectivity index (χ0v) is 10.7. The van der Waals surface area contributed by atoms with Crippen LogP contribution in [-0.4, -0.2) is 23.0 Å². The lowest BCUT2D eigenvalue weighted by molar-refractivity contribution is -0.384. The van der Waals surface area contributed by atoms with Crippen LogP contribution in [0.15, 0.2) is 12.1 Å². The molecule has 1 saturated heterocycles. The fourth-order valence-electron chi connectivity index (χ4n) is 2.13. The topological polar surface area (TPSA) is 85.3 Å². The first kappa shape index (κ1) is 12.6. The average molecular weight is 250 g/mol. The molecule has 0 atom stereocenters. The van der Waals surface area contributed by atoms with Gasteiger partial charge in [0.05, 0.1) is 17.1 Å². The smallest absolute Gasteiger partial charge is 0.276 e. The van der Waals surface area contributed by atoms with Gasteiger partial charge in [0.15, 0.2) is 0 Å². The van der Waals surface area contributed by atoms with Gasteiger partial charge >= 0.3 is 0 Å². The fourth-order valence-corrected chi connectivity index (χ4v) is 2.13. The van der Waals surface area contributed by atoms with Gasteiger partial charge in [-0.1, -0.05) is 13.8 Å². The maximum atomic E-state index is 10.8. The summed E-state index contributed by atoms with van der Waals surface area (Å²) in [4.78, 5) is 16.6. The first-order valence-electron chi connectivity index (χ1n) is 6.04.